The van der Waals surface area contributed by atoms with Crippen molar-refractivity contribution in [3.8, 4) is 17.6 Å². The minimum atomic E-state index is -3.95. The third kappa shape index (κ3) is 3.60. The van der Waals surface area contributed by atoms with Gasteiger partial charge >= 0.3 is 10.2 Å². The Bertz CT molecular complexity index is 1490. The Hall–Kier alpha value is -3.53. The number of hydrogen-bond donors (Lipinski definition) is 1. The number of fused-ring (bicyclic) bond motifs is 1. The number of anilines is 1. The summed E-state index contributed by atoms with van der Waals surface area (Å²) in [6.45, 7) is 1.66. The van der Waals surface area contributed by atoms with E-state index in [2.05, 4.69) is 9.71 Å². The smallest absolute Gasteiger partial charge is 0.301 e. The molecule has 5 rings (SSSR count). The van der Waals surface area contributed by atoms with Gasteiger partial charge in [0.15, 0.2) is 11.6 Å². The fourth-order valence-electron chi connectivity index (χ4n) is 3.87. The molecule has 0 atom stereocenters. The number of ether oxygens (including phenoxy) is 2. The van der Waals surface area contributed by atoms with Gasteiger partial charge in [0.1, 0.15) is 17.4 Å². The average Bonchev–Trinajstić information content (AvgIpc) is 2.71. The molecule has 2 saturated heterocycles. The van der Waals surface area contributed by atoms with Gasteiger partial charge in [-0.1, -0.05) is 0 Å². The molecule has 10 nitrogen and oxygen atoms in total. The number of nitriles is 1. The van der Waals surface area contributed by atoms with Crippen molar-refractivity contribution >= 4 is 26.8 Å². The van der Waals surface area contributed by atoms with Crippen LogP contribution < -0.4 is 15.0 Å². The number of aromatic nitrogens is 2. The van der Waals surface area contributed by atoms with Gasteiger partial charge in [0.25, 0.3) is 5.56 Å². The number of rotatable bonds is 5. The van der Waals surface area contributed by atoms with E-state index >= 15 is 0 Å². The molecule has 33 heavy (non-hydrogen) atoms. The molecule has 2 fully saturated rings. The van der Waals surface area contributed by atoms with E-state index in [0.717, 1.165) is 6.07 Å². The van der Waals surface area contributed by atoms with Crippen LogP contribution in [-0.4, -0.2) is 48.6 Å². The molecule has 1 N–H and O–H groups in total. The molecule has 3 heterocycles. The maximum absolute atomic E-state index is 14.6. The number of hydrogen-bond acceptors (Lipinski definition) is 7. The SMILES string of the molecule is Cn1cnc2ccc(Oc3c(F)ccc(NS(=O)(=O)N4CC5(COC5)C4)c3C#N)cc2c1=O. The summed E-state index contributed by atoms with van der Waals surface area (Å²) in [5, 5.41) is 9.92. The second kappa shape index (κ2) is 7.51. The first-order valence-corrected chi connectivity index (χ1v) is 11.4. The van der Waals surface area contributed by atoms with Gasteiger partial charge in [-0.2, -0.15) is 18.0 Å². The highest BCUT2D eigenvalue weighted by molar-refractivity contribution is 7.90. The van der Waals surface area contributed by atoms with Crippen molar-refractivity contribution in [2.45, 2.75) is 0 Å². The van der Waals surface area contributed by atoms with E-state index < -0.39 is 21.8 Å². The van der Waals surface area contributed by atoms with Gasteiger partial charge in [-0.25, -0.2) is 9.37 Å². The Morgan fingerprint density at radius 3 is 2.70 bits per heavy atom. The number of nitrogens with one attached hydrogen (secondary N) is 1. The van der Waals surface area contributed by atoms with Crippen molar-refractivity contribution in [1.29, 1.82) is 5.26 Å². The highest BCUT2D eigenvalue weighted by Gasteiger charge is 2.53. The number of benzene rings is 2. The van der Waals surface area contributed by atoms with Crippen molar-refractivity contribution < 1.29 is 22.3 Å². The summed E-state index contributed by atoms with van der Waals surface area (Å²) in [5.74, 6) is -1.22. The monoisotopic (exact) mass is 471 g/mol. The Morgan fingerprint density at radius 2 is 2.03 bits per heavy atom. The van der Waals surface area contributed by atoms with Gasteiger partial charge in [0.05, 0.1) is 36.1 Å². The van der Waals surface area contributed by atoms with Gasteiger partial charge in [-0.05, 0) is 30.3 Å². The lowest BCUT2D eigenvalue weighted by Crippen LogP contribution is -2.67. The molecule has 0 aliphatic carbocycles. The van der Waals surface area contributed by atoms with E-state index in [1.54, 1.807) is 7.05 Å². The molecule has 3 aromatic rings. The van der Waals surface area contributed by atoms with Crippen LogP contribution in [-0.2, 0) is 22.0 Å². The first-order chi connectivity index (χ1) is 15.7. The number of nitrogens with zero attached hydrogens (tertiary/aromatic N) is 4. The summed E-state index contributed by atoms with van der Waals surface area (Å²) in [6.07, 6.45) is 1.38. The zero-order valence-electron chi connectivity index (χ0n) is 17.4. The molecule has 2 aliphatic heterocycles. The van der Waals surface area contributed by atoms with Crippen LogP contribution in [0.3, 0.4) is 0 Å². The van der Waals surface area contributed by atoms with Gasteiger partial charge in [0, 0.05) is 25.6 Å². The topological polar surface area (TPSA) is 127 Å². The highest BCUT2D eigenvalue weighted by atomic mass is 32.2. The van der Waals surface area contributed by atoms with Crippen molar-refractivity contribution in [2.75, 3.05) is 31.0 Å². The average molecular weight is 471 g/mol. The maximum Gasteiger partial charge on any atom is 0.301 e. The number of halogens is 1. The molecule has 2 aromatic carbocycles. The Balaban J connectivity index is 1.46. The molecule has 2 aliphatic rings. The normalized spacial score (nSPS) is 17.2. The van der Waals surface area contributed by atoms with Crippen LogP contribution in [0.4, 0.5) is 10.1 Å². The summed E-state index contributed by atoms with van der Waals surface area (Å²) in [5.41, 5.74) is -0.460. The second-order valence-corrected chi connectivity index (χ2v) is 9.89. The van der Waals surface area contributed by atoms with E-state index in [-0.39, 0.29) is 33.4 Å². The van der Waals surface area contributed by atoms with Gasteiger partial charge < -0.3 is 14.0 Å². The van der Waals surface area contributed by atoms with Gasteiger partial charge in [0.2, 0.25) is 0 Å². The van der Waals surface area contributed by atoms with Crippen LogP contribution in [0.2, 0.25) is 0 Å². The maximum atomic E-state index is 14.6. The Kier molecular flexibility index (Phi) is 4.86. The molecule has 1 aromatic heterocycles. The molecule has 170 valence electrons. The molecule has 0 radical (unpaired) electrons. The van der Waals surface area contributed by atoms with Crippen LogP contribution in [0.1, 0.15) is 5.56 Å². The minimum Gasteiger partial charge on any atom is -0.453 e. The molecule has 12 heteroatoms. The third-order valence-electron chi connectivity index (χ3n) is 5.75. The van der Waals surface area contributed by atoms with Gasteiger partial charge in [-0.3, -0.25) is 9.52 Å². The first-order valence-electron chi connectivity index (χ1n) is 9.93. The predicted octanol–water partition coefficient (Wildman–Crippen LogP) is 1.73. The summed E-state index contributed by atoms with van der Waals surface area (Å²) < 4.78 is 55.7. The summed E-state index contributed by atoms with van der Waals surface area (Å²) in [7, 11) is -2.41. The van der Waals surface area contributed by atoms with Crippen molar-refractivity contribution in [1.82, 2.24) is 13.9 Å². The zero-order chi connectivity index (χ0) is 23.4. The molecule has 1 spiro atoms. The highest BCUT2D eigenvalue weighted by Crippen LogP contribution is 2.40. The van der Waals surface area contributed by atoms with Crippen LogP contribution in [0, 0.1) is 22.6 Å². The van der Waals surface area contributed by atoms with E-state index in [0.29, 0.717) is 31.8 Å². The Morgan fingerprint density at radius 1 is 1.27 bits per heavy atom. The molecule has 0 bridgehead atoms. The fourth-order valence-corrected chi connectivity index (χ4v) is 5.34. The van der Waals surface area contributed by atoms with Crippen LogP contribution in [0.25, 0.3) is 10.9 Å². The zero-order valence-corrected chi connectivity index (χ0v) is 18.2. The van der Waals surface area contributed by atoms with Crippen LogP contribution >= 0.6 is 0 Å². The first kappa shape index (κ1) is 21.3. The minimum absolute atomic E-state index is 0.0951. The van der Waals surface area contributed by atoms with Crippen molar-refractivity contribution in [3.05, 3.63) is 58.4 Å². The molecule has 0 saturated carbocycles. The molecular formula is C21H18FN5O5S. The predicted molar refractivity (Wildman–Crippen MR) is 116 cm³/mol. The van der Waals surface area contributed by atoms with E-state index in [1.165, 1.54) is 39.5 Å². The van der Waals surface area contributed by atoms with Crippen LogP contribution in [0.15, 0.2) is 41.5 Å². The lowest BCUT2D eigenvalue weighted by Gasteiger charge is -2.53. The van der Waals surface area contributed by atoms with Crippen LogP contribution in [0.5, 0.6) is 11.5 Å². The largest absolute Gasteiger partial charge is 0.453 e. The third-order valence-corrected chi connectivity index (χ3v) is 7.16. The van der Waals surface area contributed by atoms with E-state index in [9.17, 15) is 22.9 Å². The molecule has 0 unspecified atom stereocenters. The van der Waals surface area contributed by atoms with E-state index in [4.69, 9.17) is 9.47 Å². The van der Waals surface area contributed by atoms with Crippen molar-refractivity contribution in [2.24, 2.45) is 12.5 Å². The number of aryl methyl sites for hydroxylation is 1. The van der Waals surface area contributed by atoms with Gasteiger partial charge in [-0.15, -0.1) is 0 Å². The lowest BCUT2D eigenvalue weighted by atomic mass is 9.80. The second-order valence-electron chi connectivity index (χ2n) is 8.22. The quantitative estimate of drug-likeness (QED) is 0.600. The lowest BCUT2D eigenvalue weighted by molar-refractivity contribution is -0.166. The van der Waals surface area contributed by atoms with E-state index in [1.807, 2.05) is 6.07 Å². The summed E-state index contributed by atoms with van der Waals surface area (Å²) >= 11 is 0. The summed E-state index contributed by atoms with van der Waals surface area (Å²) in [4.78, 5) is 16.5. The van der Waals surface area contributed by atoms with Crippen molar-refractivity contribution in [3.63, 3.8) is 0 Å². The standard InChI is InChI=1S/C21H18FN5O5S/c1-26-12-24-17-4-2-13(6-14(17)20(26)28)32-19-15(7-23)18(5-3-16(19)22)25-33(29,30)27-8-21(9-27)10-31-11-21/h2-6,12,25H,8-11H2,1H3. The Labute approximate surface area is 188 Å². The summed E-state index contributed by atoms with van der Waals surface area (Å²) in [6, 6.07) is 8.39. The molecular weight excluding hydrogens is 453 g/mol. The fraction of sp³-hybridized carbons (Fsp3) is 0.286. The molecule has 0 amide bonds.